The Labute approximate surface area is 282 Å². The van der Waals surface area contributed by atoms with Gasteiger partial charge in [0.25, 0.3) is 8.32 Å². The molecule has 2 heterocycles. The maximum atomic E-state index is 15.0. The number of benzene rings is 4. The van der Waals surface area contributed by atoms with Gasteiger partial charge < -0.3 is 9.74 Å². The monoisotopic (exact) mass is 676 g/mol. The molecule has 6 aromatic rings. The van der Waals surface area contributed by atoms with Crippen molar-refractivity contribution in [1.82, 2.24) is 19.5 Å². The van der Waals surface area contributed by atoms with Gasteiger partial charge in [0, 0.05) is 6.07 Å². The Hall–Kier alpha value is -5.33. The molecule has 0 aliphatic heterocycles. The lowest BCUT2D eigenvalue weighted by atomic mass is 9.85. The normalized spacial score (nSPS) is 16.3. The van der Waals surface area contributed by atoms with Gasteiger partial charge in [-0.05, 0) is 63.6 Å². The molecule has 0 spiro atoms. The first kappa shape index (κ1) is 32.2. The van der Waals surface area contributed by atoms with Gasteiger partial charge in [-0.2, -0.15) is 4.98 Å². The van der Waals surface area contributed by atoms with Crippen LogP contribution in [0.2, 0.25) is 5.04 Å². The molecule has 1 aliphatic carbocycles. The van der Waals surface area contributed by atoms with Crippen LogP contribution in [0.15, 0.2) is 110 Å². The largest absolute Gasteiger partial charge is 0.400 e. The van der Waals surface area contributed by atoms with E-state index in [0.717, 1.165) is 22.1 Å². The zero-order valence-corrected chi connectivity index (χ0v) is 28.2. The summed E-state index contributed by atoms with van der Waals surface area (Å²) in [6.45, 7) is 6.63. The molecule has 0 amide bonds. The molecule has 0 bridgehead atoms. The van der Waals surface area contributed by atoms with Crippen molar-refractivity contribution in [1.29, 1.82) is 0 Å². The molecule has 9 nitrogen and oxygen atoms in total. The van der Waals surface area contributed by atoms with Crippen LogP contribution in [0.1, 0.15) is 56.9 Å². The number of halogens is 2. The maximum absolute atomic E-state index is 15.0. The third-order valence-electron chi connectivity index (χ3n) is 9.21. The Morgan fingerprint density at radius 3 is 2.18 bits per heavy atom. The van der Waals surface area contributed by atoms with Crippen molar-refractivity contribution in [2.24, 2.45) is 0 Å². The second-order valence-corrected chi connectivity index (χ2v) is 17.5. The highest BCUT2D eigenvalue weighted by Crippen LogP contribution is 2.46. The van der Waals surface area contributed by atoms with Crippen molar-refractivity contribution in [3.05, 3.63) is 142 Å². The lowest BCUT2D eigenvalue weighted by Gasteiger charge is -2.46. The zero-order valence-electron chi connectivity index (χ0n) is 27.2. The molecule has 7 rings (SSSR count). The lowest BCUT2D eigenvalue weighted by Crippen LogP contribution is -2.67. The minimum absolute atomic E-state index is 0.0418. The number of aromatic nitrogens is 4. The fourth-order valence-corrected chi connectivity index (χ4v) is 11.7. The van der Waals surface area contributed by atoms with E-state index in [-0.39, 0.29) is 28.6 Å². The van der Waals surface area contributed by atoms with Gasteiger partial charge in [0.2, 0.25) is 11.8 Å². The predicted octanol–water partition coefficient (Wildman–Crippen LogP) is 7.57. The van der Waals surface area contributed by atoms with Crippen molar-refractivity contribution in [3.8, 4) is 5.95 Å². The number of hydrogen-bond acceptors (Lipinski definition) is 7. The van der Waals surface area contributed by atoms with Gasteiger partial charge in [-0.25, -0.2) is 18.7 Å². The van der Waals surface area contributed by atoms with Crippen LogP contribution in [0.4, 0.5) is 20.3 Å². The molecule has 1 aliphatic rings. The van der Waals surface area contributed by atoms with Gasteiger partial charge in [0.1, 0.15) is 24.2 Å². The van der Waals surface area contributed by atoms with Gasteiger partial charge >= 0.3 is 5.69 Å². The number of nitro groups is 1. The third-order valence-corrected chi connectivity index (χ3v) is 14.3. The van der Waals surface area contributed by atoms with Crippen LogP contribution in [-0.2, 0) is 4.43 Å². The molecule has 0 saturated carbocycles. The minimum atomic E-state index is -2.96. The molecule has 248 valence electrons. The quantitative estimate of drug-likeness (QED) is 0.101. The van der Waals surface area contributed by atoms with Gasteiger partial charge in [-0.15, -0.1) is 0 Å². The van der Waals surface area contributed by atoms with Crippen LogP contribution in [0, 0.1) is 21.7 Å². The SMILES string of the molecule is CC(C)(C)[Si](OC1CCC(Nc2nc(-n3cnc4ccc(F)cc43)ncc2[N+](=O)[O-])c2cc(F)ccc21)(c1ccccc1)c1ccccc1. The molecule has 0 fully saturated rings. The Balaban J connectivity index is 1.29. The summed E-state index contributed by atoms with van der Waals surface area (Å²) in [6.07, 6.45) is 3.23. The average Bonchev–Trinajstić information content (AvgIpc) is 3.51. The summed E-state index contributed by atoms with van der Waals surface area (Å²) in [5.74, 6) is -0.865. The van der Waals surface area contributed by atoms with Crippen LogP contribution >= 0.6 is 0 Å². The molecule has 2 atom stereocenters. The van der Waals surface area contributed by atoms with Crippen molar-refractivity contribution in [2.45, 2.75) is 50.8 Å². The van der Waals surface area contributed by atoms with E-state index in [1.165, 1.54) is 41.2 Å². The second-order valence-electron chi connectivity index (χ2n) is 13.2. The highest BCUT2D eigenvalue weighted by atomic mass is 28.4. The summed E-state index contributed by atoms with van der Waals surface area (Å²) in [6, 6.07) is 28.9. The summed E-state index contributed by atoms with van der Waals surface area (Å²) in [7, 11) is -2.96. The van der Waals surface area contributed by atoms with E-state index >= 15 is 0 Å². The van der Waals surface area contributed by atoms with E-state index in [9.17, 15) is 18.9 Å². The molecule has 0 saturated heterocycles. The molecular weight excluding hydrogens is 643 g/mol. The van der Waals surface area contributed by atoms with Crippen molar-refractivity contribution >= 4 is 41.2 Å². The first-order valence-corrected chi connectivity index (χ1v) is 17.9. The van der Waals surface area contributed by atoms with Gasteiger partial charge in [0.15, 0.2) is 0 Å². The predicted molar refractivity (Wildman–Crippen MR) is 187 cm³/mol. The van der Waals surface area contributed by atoms with Crippen molar-refractivity contribution < 1.29 is 18.1 Å². The topological polar surface area (TPSA) is 108 Å². The molecule has 12 heteroatoms. The standard InChI is InChI=1S/C37H34F2N6O3Si/c1-37(2,3)49(26-10-6-4-7-11-26,27-12-8-5-9-13-27)48-34-19-18-30(29-20-24(38)14-16-28(29)34)42-35-33(45(46)47)22-40-36(43-35)44-23-41-31-17-15-25(39)21-32(31)44/h4-17,20-23,30,34H,18-19H2,1-3H3,(H,40,42,43). The molecule has 1 N–H and O–H groups in total. The number of nitrogens with zero attached hydrogens (tertiary/aromatic N) is 5. The van der Waals surface area contributed by atoms with E-state index in [1.807, 2.05) is 36.4 Å². The summed E-state index contributed by atoms with van der Waals surface area (Å²) in [5, 5.41) is 17.4. The molecule has 4 aromatic carbocycles. The Bertz CT molecular complexity index is 2120. The van der Waals surface area contributed by atoms with E-state index < -0.39 is 30.9 Å². The smallest absolute Gasteiger partial charge is 0.329 e. The highest BCUT2D eigenvalue weighted by molar-refractivity contribution is 6.99. The van der Waals surface area contributed by atoms with E-state index in [0.29, 0.717) is 29.4 Å². The first-order valence-electron chi connectivity index (χ1n) is 16.0. The van der Waals surface area contributed by atoms with E-state index in [2.05, 4.69) is 65.3 Å². The van der Waals surface area contributed by atoms with Gasteiger partial charge in [0.05, 0.1) is 28.1 Å². The fourth-order valence-electron chi connectivity index (χ4n) is 6.97. The summed E-state index contributed by atoms with van der Waals surface area (Å²) in [4.78, 5) is 24.6. The van der Waals surface area contributed by atoms with Gasteiger partial charge in [-0.3, -0.25) is 14.7 Å². The Morgan fingerprint density at radius 1 is 0.878 bits per heavy atom. The molecular formula is C37H34F2N6O3Si. The van der Waals surface area contributed by atoms with Crippen LogP contribution in [0.25, 0.3) is 17.0 Å². The lowest BCUT2D eigenvalue weighted by molar-refractivity contribution is -0.384. The number of anilines is 1. The number of rotatable bonds is 8. The second kappa shape index (κ2) is 12.6. The van der Waals surface area contributed by atoms with Crippen LogP contribution in [0.5, 0.6) is 0 Å². The minimum Gasteiger partial charge on any atom is -0.400 e. The number of fused-ring (bicyclic) bond motifs is 2. The van der Waals surface area contributed by atoms with Crippen molar-refractivity contribution in [3.63, 3.8) is 0 Å². The average molecular weight is 677 g/mol. The van der Waals surface area contributed by atoms with Crippen molar-refractivity contribution in [2.75, 3.05) is 5.32 Å². The number of imidazole rings is 1. The van der Waals surface area contributed by atoms with E-state index in [1.54, 1.807) is 6.07 Å². The maximum Gasteiger partial charge on any atom is 0.329 e. The summed E-state index contributed by atoms with van der Waals surface area (Å²) in [5.41, 5.74) is 2.03. The molecule has 0 radical (unpaired) electrons. The van der Waals surface area contributed by atoms with Gasteiger partial charge in [-0.1, -0.05) is 87.5 Å². The van der Waals surface area contributed by atoms with Crippen LogP contribution in [-0.4, -0.2) is 32.8 Å². The number of nitrogens with one attached hydrogen (secondary N) is 1. The first-order chi connectivity index (χ1) is 23.5. The fraction of sp³-hybridized carbons (Fsp3) is 0.216. The van der Waals surface area contributed by atoms with Crippen LogP contribution in [0.3, 0.4) is 0 Å². The van der Waals surface area contributed by atoms with Crippen LogP contribution < -0.4 is 15.7 Å². The molecule has 2 aromatic heterocycles. The summed E-state index contributed by atoms with van der Waals surface area (Å²) >= 11 is 0. The molecule has 2 unspecified atom stereocenters. The summed E-state index contributed by atoms with van der Waals surface area (Å²) < 4.78 is 38.0. The Kier molecular flexibility index (Phi) is 8.29. The Morgan fingerprint density at radius 2 is 1.53 bits per heavy atom. The highest BCUT2D eigenvalue weighted by Gasteiger charge is 2.52. The molecule has 49 heavy (non-hydrogen) atoms. The third kappa shape index (κ3) is 5.87. The van der Waals surface area contributed by atoms with E-state index in [4.69, 9.17) is 4.43 Å². The zero-order chi connectivity index (χ0) is 34.3. The number of hydrogen-bond donors (Lipinski definition) is 1.